The van der Waals surface area contributed by atoms with Crippen LogP contribution in [0.25, 0.3) is 0 Å². The van der Waals surface area contributed by atoms with Crippen LogP contribution in [-0.2, 0) is 9.59 Å². The number of halogens is 1. The number of rotatable bonds is 7. The monoisotopic (exact) mass is 467 g/mol. The number of unbranched alkanes of at least 4 members (excludes halogenated alkanes) is 1. The molecule has 0 saturated carbocycles. The van der Waals surface area contributed by atoms with Gasteiger partial charge in [-0.05, 0) is 25.2 Å². The van der Waals surface area contributed by atoms with E-state index in [9.17, 15) is 9.59 Å². The molecule has 0 bridgehead atoms. The van der Waals surface area contributed by atoms with Gasteiger partial charge in [0.2, 0.25) is 11.8 Å². The maximum absolute atomic E-state index is 11.8. The van der Waals surface area contributed by atoms with Crippen molar-refractivity contribution in [3.05, 3.63) is 0 Å². The first-order valence-electron chi connectivity index (χ1n) is 8.91. The molecule has 0 aromatic carbocycles. The minimum atomic E-state index is -0.000653. The van der Waals surface area contributed by atoms with Crippen LogP contribution in [0.15, 0.2) is 4.99 Å². The van der Waals surface area contributed by atoms with Gasteiger partial charge in [0.15, 0.2) is 5.96 Å². The molecule has 1 heterocycles. The van der Waals surface area contributed by atoms with Gasteiger partial charge in [-0.3, -0.25) is 9.59 Å². The Kier molecular flexibility index (Phi) is 12.6. The van der Waals surface area contributed by atoms with E-state index in [0.717, 1.165) is 51.3 Å². The quantitative estimate of drug-likeness (QED) is 0.256. The molecular weight excluding hydrogens is 433 g/mol. The first-order chi connectivity index (χ1) is 11.5. The summed E-state index contributed by atoms with van der Waals surface area (Å²) in [5.74, 6) is 1.36. The number of likely N-dealkylation sites (tertiary alicyclic amines) is 1. The van der Waals surface area contributed by atoms with E-state index >= 15 is 0 Å². The van der Waals surface area contributed by atoms with Gasteiger partial charge in [-0.1, -0.05) is 13.3 Å². The van der Waals surface area contributed by atoms with Gasteiger partial charge in [0.1, 0.15) is 6.54 Å². The molecule has 1 aliphatic heterocycles. The molecular formula is C17H34IN5O2. The second-order valence-corrected chi connectivity index (χ2v) is 6.52. The van der Waals surface area contributed by atoms with E-state index in [1.54, 1.807) is 26.0 Å². The number of nitrogens with zero attached hydrogens (tertiary/aromatic N) is 3. The topological polar surface area (TPSA) is 77.0 Å². The van der Waals surface area contributed by atoms with Crippen LogP contribution in [-0.4, -0.2) is 74.9 Å². The maximum atomic E-state index is 11.8. The van der Waals surface area contributed by atoms with Crippen molar-refractivity contribution >= 4 is 41.8 Å². The Hall–Kier alpha value is -1.06. The van der Waals surface area contributed by atoms with E-state index in [1.807, 2.05) is 0 Å². The summed E-state index contributed by atoms with van der Waals surface area (Å²) in [5, 5.41) is 6.07. The summed E-state index contributed by atoms with van der Waals surface area (Å²) in [6, 6.07) is 0. The second-order valence-electron chi connectivity index (χ2n) is 6.52. The number of guanidine groups is 1. The molecule has 0 aromatic rings. The van der Waals surface area contributed by atoms with Crippen molar-refractivity contribution in [3.63, 3.8) is 0 Å². The smallest absolute Gasteiger partial charge is 0.243 e. The predicted molar refractivity (Wildman–Crippen MR) is 112 cm³/mol. The van der Waals surface area contributed by atoms with Crippen molar-refractivity contribution in [1.82, 2.24) is 20.4 Å². The third-order valence-electron chi connectivity index (χ3n) is 4.34. The van der Waals surface area contributed by atoms with Gasteiger partial charge in [0.25, 0.3) is 0 Å². The fourth-order valence-corrected chi connectivity index (χ4v) is 2.64. The lowest BCUT2D eigenvalue weighted by molar-refractivity contribution is -0.127. The van der Waals surface area contributed by atoms with Gasteiger partial charge in [0.05, 0.1) is 0 Å². The lowest BCUT2D eigenvalue weighted by atomic mass is 9.93. The molecule has 1 rings (SSSR count). The van der Waals surface area contributed by atoms with Crippen LogP contribution < -0.4 is 10.6 Å². The molecule has 8 heteroatoms. The molecule has 7 nitrogen and oxygen atoms in total. The second kappa shape index (κ2) is 13.2. The van der Waals surface area contributed by atoms with Crippen LogP contribution >= 0.6 is 24.0 Å². The van der Waals surface area contributed by atoms with E-state index in [-0.39, 0.29) is 42.3 Å². The first kappa shape index (κ1) is 23.9. The van der Waals surface area contributed by atoms with Crippen molar-refractivity contribution in [2.75, 3.05) is 47.3 Å². The van der Waals surface area contributed by atoms with E-state index < -0.39 is 0 Å². The zero-order valence-electron chi connectivity index (χ0n) is 16.0. The Morgan fingerprint density at radius 1 is 1.24 bits per heavy atom. The van der Waals surface area contributed by atoms with Crippen molar-refractivity contribution in [2.24, 2.45) is 10.9 Å². The molecule has 2 amide bonds. The Labute approximate surface area is 169 Å². The van der Waals surface area contributed by atoms with Gasteiger partial charge >= 0.3 is 0 Å². The molecule has 146 valence electrons. The average Bonchev–Trinajstić information content (AvgIpc) is 2.58. The number of likely N-dealkylation sites (N-methyl/N-ethyl adjacent to an activating group) is 1. The van der Waals surface area contributed by atoms with Crippen LogP contribution in [0, 0.1) is 5.92 Å². The molecule has 0 radical (unpaired) electrons. The van der Waals surface area contributed by atoms with Crippen molar-refractivity contribution < 1.29 is 9.59 Å². The molecule has 0 spiro atoms. The summed E-state index contributed by atoms with van der Waals surface area (Å²) >= 11 is 0. The van der Waals surface area contributed by atoms with E-state index in [1.165, 1.54) is 0 Å². The lowest BCUT2D eigenvalue weighted by Crippen LogP contribution is -2.46. The third kappa shape index (κ3) is 9.27. The zero-order valence-corrected chi connectivity index (χ0v) is 18.3. The molecule has 1 saturated heterocycles. The minimum absolute atomic E-state index is 0. The average molecular weight is 467 g/mol. The van der Waals surface area contributed by atoms with Crippen LogP contribution in [0.5, 0.6) is 0 Å². The summed E-state index contributed by atoms with van der Waals surface area (Å²) in [6.07, 6.45) is 4.74. The number of piperidine rings is 1. The van der Waals surface area contributed by atoms with Crippen LogP contribution in [0.3, 0.4) is 0 Å². The summed E-state index contributed by atoms with van der Waals surface area (Å²) in [7, 11) is 5.17. The molecule has 0 aromatic heterocycles. The normalized spacial score (nSPS) is 15.4. The number of hydrogen-bond donors (Lipinski definition) is 2. The Bertz CT molecular complexity index is 435. The summed E-state index contributed by atoms with van der Waals surface area (Å²) in [4.78, 5) is 31.6. The van der Waals surface area contributed by atoms with Gasteiger partial charge in [-0.15, -0.1) is 24.0 Å². The highest BCUT2D eigenvalue weighted by molar-refractivity contribution is 14.0. The molecule has 0 aliphatic carbocycles. The van der Waals surface area contributed by atoms with Crippen molar-refractivity contribution in [2.45, 2.75) is 39.0 Å². The number of carbonyl (C=O) groups excluding carboxylic acids is 2. The summed E-state index contributed by atoms with van der Waals surface area (Å²) in [5.41, 5.74) is 0. The van der Waals surface area contributed by atoms with Crippen LogP contribution in [0.1, 0.15) is 39.0 Å². The number of aliphatic imine (C=N–C) groups is 1. The highest BCUT2D eigenvalue weighted by atomic mass is 127. The SMILES string of the molecule is CCCCNC(=NCC(=O)N(C)C)N1CCC(CC(=O)NC)CC1.I. The van der Waals surface area contributed by atoms with Gasteiger partial charge in [-0.2, -0.15) is 0 Å². The van der Waals surface area contributed by atoms with Gasteiger partial charge < -0.3 is 20.4 Å². The standard InChI is InChI=1S/C17H33N5O2.HI/c1-5-6-9-19-17(20-13-16(24)21(3)4)22-10-7-14(8-11-22)12-15(23)18-2;/h14H,5-13H2,1-4H3,(H,18,23)(H,19,20);1H. The molecule has 0 unspecified atom stereocenters. The molecule has 0 atom stereocenters. The number of amides is 2. The number of nitrogens with one attached hydrogen (secondary N) is 2. The van der Waals surface area contributed by atoms with E-state index in [0.29, 0.717) is 12.3 Å². The lowest BCUT2D eigenvalue weighted by Gasteiger charge is -2.34. The summed E-state index contributed by atoms with van der Waals surface area (Å²) in [6.45, 7) is 4.92. The van der Waals surface area contributed by atoms with Crippen LogP contribution in [0.2, 0.25) is 0 Å². The van der Waals surface area contributed by atoms with Crippen molar-refractivity contribution in [3.8, 4) is 0 Å². The molecule has 1 aliphatic rings. The largest absolute Gasteiger partial charge is 0.359 e. The Morgan fingerprint density at radius 2 is 1.88 bits per heavy atom. The third-order valence-corrected chi connectivity index (χ3v) is 4.34. The summed E-state index contributed by atoms with van der Waals surface area (Å²) < 4.78 is 0. The fraction of sp³-hybridized carbons (Fsp3) is 0.824. The Balaban J connectivity index is 0.00000576. The highest BCUT2D eigenvalue weighted by Crippen LogP contribution is 2.20. The highest BCUT2D eigenvalue weighted by Gasteiger charge is 2.23. The minimum Gasteiger partial charge on any atom is -0.359 e. The van der Waals surface area contributed by atoms with Gasteiger partial charge in [0, 0.05) is 47.2 Å². The number of hydrogen-bond acceptors (Lipinski definition) is 3. The maximum Gasteiger partial charge on any atom is 0.243 e. The molecule has 2 N–H and O–H groups in total. The number of carbonyl (C=O) groups is 2. The van der Waals surface area contributed by atoms with Crippen LogP contribution in [0.4, 0.5) is 0 Å². The fourth-order valence-electron chi connectivity index (χ4n) is 2.64. The first-order valence-corrected chi connectivity index (χ1v) is 8.91. The van der Waals surface area contributed by atoms with E-state index in [2.05, 4.69) is 27.4 Å². The predicted octanol–water partition coefficient (Wildman–Crippen LogP) is 1.29. The molecule has 25 heavy (non-hydrogen) atoms. The Morgan fingerprint density at radius 3 is 2.40 bits per heavy atom. The van der Waals surface area contributed by atoms with E-state index in [4.69, 9.17) is 0 Å². The zero-order chi connectivity index (χ0) is 17.9. The van der Waals surface area contributed by atoms with Gasteiger partial charge in [-0.25, -0.2) is 4.99 Å². The van der Waals surface area contributed by atoms with Crippen molar-refractivity contribution in [1.29, 1.82) is 0 Å². The molecule has 1 fully saturated rings.